The summed E-state index contributed by atoms with van der Waals surface area (Å²) in [6.45, 7) is 5.03. The van der Waals surface area contributed by atoms with Gasteiger partial charge in [-0.15, -0.1) is 0 Å². The molecule has 3 aromatic heterocycles. The van der Waals surface area contributed by atoms with E-state index in [1.54, 1.807) is 36.7 Å². The van der Waals surface area contributed by atoms with Gasteiger partial charge in [-0.05, 0) is 39.0 Å². The molecule has 0 bridgehead atoms. The number of anilines is 1. The Morgan fingerprint density at radius 1 is 1.09 bits per heavy atom. The minimum absolute atomic E-state index is 0.0831. The fraction of sp³-hybridized carbons (Fsp3) is 0.238. The molecule has 0 fully saturated rings. The van der Waals surface area contributed by atoms with E-state index in [4.69, 9.17) is 34.8 Å². The largest absolute Gasteiger partial charge is 0.433 e. The minimum atomic E-state index is -4.72. The van der Waals surface area contributed by atoms with Crippen LogP contribution in [0.5, 0.6) is 0 Å². The molecule has 1 N–H and O–H groups in total. The predicted molar refractivity (Wildman–Crippen MR) is 123 cm³/mol. The van der Waals surface area contributed by atoms with Crippen LogP contribution in [-0.2, 0) is 12.7 Å². The van der Waals surface area contributed by atoms with Gasteiger partial charge in [-0.3, -0.25) is 9.48 Å². The van der Waals surface area contributed by atoms with Crippen LogP contribution in [0.25, 0.3) is 5.65 Å². The third-order valence-electron chi connectivity index (χ3n) is 5.16. The normalized spacial score (nSPS) is 11.9. The van der Waals surface area contributed by atoms with E-state index in [1.807, 2.05) is 0 Å². The molecule has 0 aliphatic heterocycles. The van der Waals surface area contributed by atoms with Crippen LogP contribution in [0.3, 0.4) is 0 Å². The molecule has 0 unspecified atom stereocenters. The third kappa shape index (κ3) is 4.33. The molecule has 13 heteroatoms. The number of nitrogens with zero attached hydrogens (tertiary/aromatic N) is 5. The monoisotopic (exact) mass is 530 g/mol. The maximum absolute atomic E-state index is 13.5. The summed E-state index contributed by atoms with van der Waals surface area (Å²) >= 11 is 18.7. The first-order valence-corrected chi connectivity index (χ1v) is 10.9. The van der Waals surface area contributed by atoms with Gasteiger partial charge in [0.15, 0.2) is 11.3 Å². The fourth-order valence-corrected chi connectivity index (χ4v) is 4.26. The van der Waals surface area contributed by atoms with Gasteiger partial charge >= 0.3 is 6.18 Å². The summed E-state index contributed by atoms with van der Waals surface area (Å²) in [5.41, 5.74) is 0.390. The summed E-state index contributed by atoms with van der Waals surface area (Å²) in [7, 11) is 0. The Hall–Kier alpha value is -2.82. The van der Waals surface area contributed by atoms with Gasteiger partial charge in [0, 0.05) is 21.3 Å². The Bertz CT molecular complexity index is 1420. The molecule has 1 amide bonds. The number of hydrogen-bond donors (Lipinski definition) is 1. The summed E-state index contributed by atoms with van der Waals surface area (Å²) in [4.78, 5) is 17.0. The molecule has 178 valence electrons. The zero-order chi connectivity index (χ0) is 24.9. The van der Waals surface area contributed by atoms with Crippen LogP contribution < -0.4 is 5.32 Å². The van der Waals surface area contributed by atoms with Crippen molar-refractivity contribution in [2.45, 2.75) is 33.5 Å². The molecule has 0 radical (unpaired) electrons. The number of hydrogen-bond acceptors (Lipinski definition) is 4. The van der Waals surface area contributed by atoms with Crippen molar-refractivity contribution < 1.29 is 18.0 Å². The molecule has 0 atom stereocenters. The summed E-state index contributed by atoms with van der Waals surface area (Å²) in [6.07, 6.45) is -4.72. The van der Waals surface area contributed by atoms with Gasteiger partial charge in [0.25, 0.3) is 5.91 Å². The van der Waals surface area contributed by atoms with Crippen LogP contribution in [0, 0.1) is 20.8 Å². The van der Waals surface area contributed by atoms with Gasteiger partial charge in [0.2, 0.25) is 0 Å². The molecule has 0 aliphatic carbocycles. The van der Waals surface area contributed by atoms with Gasteiger partial charge < -0.3 is 5.32 Å². The number of carbonyl (C=O) groups is 1. The first-order chi connectivity index (χ1) is 15.9. The maximum atomic E-state index is 13.5. The quantitative estimate of drug-likeness (QED) is 0.344. The molecule has 7 nitrogen and oxygen atoms in total. The molecule has 34 heavy (non-hydrogen) atoms. The van der Waals surface area contributed by atoms with Crippen LogP contribution in [-0.4, -0.2) is 30.3 Å². The van der Waals surface area contributed by atoms with Crippen molar-refractivity contribution in [1.82, 2.24) is 24.4 Å². The van der Waals surface area contributed by atoms with Crippen molar-refractivity contribution in [1.29, 1.82) is 0 Å². The Morgan fingerprint density at radius 2 is 1.74 bits per heavy atom. The highest BCUT2D eigenvalue weighted by Crippen LogP contribution is 2.33. The fourth-order valence-electron chi connectivity index (χ4n) is 3.50. The highest BCUT2D eigenvalue weighted by Gasteiger charge is 2.36. The van der Waals surface area contributed by atoms with E-state index < -0.39 is 23.5 Å². The van der Waals surface area contributed by atoms with E-state index >= 15 is 0 Å². The van der Waals surface area contributed by atoms with Crippen molar-refractivity contribution in [3.8, 4) is 0 Å². The van der Waals surface area contributed by atoms with E-state index in [2.05, 4.69) is 20.5 Å². The lowest BCUT2D eigenvalue weighted by Crippen LogP contribution is -2.16. The summed E-state index contributed by atoms with van der Waals surface area (Å²) < 4.78 is 42.5. The van der Waals surface area contributed by atoms with Crippen LogP contribution in [0.15, 0.2) is 24.3 Å². The number of aryl methyl sites for hydroxylation is 2. The van der Waals surface area contributed by atoms with Crippen molar-refractivity contribution >= 4 is 52.0 Å². The molecule has 3 heterocycles. The van der Waals surface area contributed by atoms with Crippen molar-refractivity contribution in [2.75, 3.05) is 5.32 Å². The lowest BCUT2D eigenvalue weighted by Gasteiger charge is -2.09. The van der Waals surface area contributed by atoms with Gasteiger partial charge in [0.05, 0.1) is 23.6 Å². The molecule has 4 rings (SSSR count). The Balaban J connectivity index is 1.69. The molecule has 4 aromatic rings. The number of halogens is 6. The molecular weight excluding hydrogens is 516 g/mol. The van der Waals surface area contributed by atoms with Crippen molar-refractivity contribution in [3.63, 3.8) is 0 Å². The first-order valence-electron chi connectivity index (χ1n) is 9.79. The van der Waals surface area contributed by atoms with Gasteiger partial charge in [-0.25, -0.2) is 9.50 Å². The maximum Gasteiger partial charge on any atom is 0.433 e. The number of nitrogens with one attached hydrogen (secondary N) is 1. The number of benzene rings is 1. The predicted octanol–water partition coefficient (Wildman–Crippen LogP) is 6.13. The smallest absolute Gasteiger partial charge is 0.317 e. The molecule has 0 saturated carbocycles. The van der Waals surface area contributed by atoms with Crippen LogP contribution in [0.4, 0.5) is 18.9 Å². The summed E-state index contributed by atoms with van der Waals surface area (Å²) in [6, 6.07) is 5.96. The highest BCUT2D eigenvalue weighted by molar-refractivity contribution is 6.37. The molecule has 0 saturated heterocycles. The van der Waals surface area contributed by atoms with Gasteiger partial charge in [-0.2, -0.15) is 23.4 Å². The van der Waals surface area contributed by atoms with Crippen LogP contribution in [0.2, 0.25) is 15.1 Å². The lowest BCUT2D eigenvalue weighted by atomic mass is 10.2. The standard InChI is InChI=1S/C21H16Cl3F3N6O/c1-9-7-15(21(25,26)27)33-19(28-9)16(24)18(31-33)20(34)29-17-10(2)30-32(11(17)3)8-12-13(22)5-4-6-14(12)23/h4-7H,8H2,1-3H3,(H,29,34). The highest BCUT2D eigenvalue weighted by atomic mass is 35.5. The molecule has 0 aliphatic rings. The molecular formula is C21H16Cl3F3N6O. The number of amides is 1. The average molecular weight is 532 g/mol. The van der Waals surface area contributed by atoms with E-state index in [0.717, 1.165) is 6.07 Å². The van der Waals surface area contributed by atoms with E-state index in [1.165, 1.54) is 6.92 Å². The number of fused-ring (bicyclic) bond motifs is 1. The van der Waals surface area contributed by atoms with Crippen molar-refractivity contribution in [3.05, 3.63) is 73.4 Å². The Morgan fingerprint density at radius 3 is 2.35 bits per heavy atom. The minimum Gasteiger partial charge on any atom is -0.317 e. The Kier molecular flexibility index (Phi) is 6.26. The zero-order valence-electron chi connectivity index (χ0n) is 17.9. The Labute approximate surface area is 206 Å². The van der Waals surface area contributed by atoms with Crippen LogP contribution >= 0.6 is 34.8 Å². The third-order valence-corrected chi connectivity index (χ3v) is 6.21. The number of carbonyl (C=O) groups excluding carboxylic acids is 1. The van der Waals surface area contributed by atoms with E-state index in [0.29, 0.717) is 37.2 Å². The lowest BCUT2D eigenvalue weighted by molar-refractivity contribution is -0.142. The zero-order valence-corrected chi connectivity index (χ0v) is 20.2. The van der Waals surface area contributed by atoms with Gasteiger partial charge in [-0.1, -0.05) is 40.9 Å². The SMILES string of the molecule is Cc1cc(C(F)(F)F)n2nc(C(=O)Nc3c(C)nn(Cc4c(Cl)cccc4Cl)c3C)c(Cl)c2n1. The summed E-state index contributed by atoms with van der Waals surface area (Å²) in [5.74, 6) is -0.803. The molecule has 1 aromatic carbocycles. The van der Waals surface area contributed by atoms with E-state index in [9.17, 15) is 18.0 Å². The second-order valence-electron chi connectivity index (χ2n) is 7.54. The van der Waals surface area contributed by atoms with Gasteiger partial charge in [0.1, 0.15) is 10.7 Å². The first kappa shape index (κ1) is 24.3. The van der Waals surface area contributed by atoms with Crippen molar-refractivity contribution in [2.24, 2.45) is 0 Å². The second-order valence-corrected chi connectivity index (χ2v) is 8.73. The molecule has 0 spiro atoms. The van der Waals surface area contributed by atoms with Crippen LogP contribution in [0.1, 0.15) is 38.8 Å². The second kappa shape index (κ2) is 8.75. The van der Waals surface area contributed by atoms with E-state index in [-0.39, 0.29) is 22.9 Å². The number of alkyl halides is 3. The average Bonchev–Trinajstić information content (AvgIpc) is 3.21. The summed E-state index contributed by atoms with van der Waals surface area (Å²) in [5, 5.41) is 11.5. The number of aromatic nitrogens is 5. The number of rotatable bonds is 4. The topological polar surface area (TPSA) is 77.1 Å².